The Balaban J connectivity index is 1.97. The average Bonchev–Trinajstić information content (AvgIpc) is 2.97. The number of carbonyl (C=O) groups excluding carboxylic acids is 1. The largest absolute Gasteiger partial charge is 0.297 e. The van der Waals surface area contributed by atoms with Crippen LogP contribution in [0.5, 0.6) is 0 Å². The van der Waals surface area contributed by atoms with Crippen LogP contribution in [0.2, 0.25) is 0 Å². The van der Waals surface area contributed by atoms with Crippen molar-refractivity contribution < 1.29 is 4.79 Å². The van der Waals surface area contributed by atoms with Crippen LogP contribution in [0.15, 0.2) is 60.0 Å². The molecule has 0 atom stereocenters. The monoisotopic (exact) mass is 342 g/mol. The van der Waals surface area contributed by atoms with Crippen LogP contribution >= 0.6 is 24.4 Å². The Hall–Kier alpha value is -2.12. The van der Waals surface area contributed by atoms with Crippen molar-refractivity contribution in [3.05, 3.63) is 60.4 Å². The predicted octanol–water partition coefficient (Wildman–Crippen LogP) is 2.94. The van der Waals surface area contributed by atoms with Crippen LogP contribution in [-0.4, -0.2) is 30.6 Å². The van der Waals surface area contributed by atoms with Crippen molar-refractivity contribution in [3.63, 3.8) is 0 Å². The number of nitrogens with zero attached hydrogens (tertiary/aromatic N) is 4. The van der Waals surface area contributed by atoms with Crippen molar-refractivity contribution in [1.29, 1.82) is 0 Å². The molecular weight excluding hydrogens is 328 g/mol. The minimum absolute atomic E-state index is 0.188. The number of pyridine rings is 1. The highest BCUT2D eigenvalue weighted by atomic mass is 32.2. The molecule has 23 heavy (non-hydrogen) atoms. The van der Waals surface area contributed by atoms with Gasteiger partial charge in [-0.2, -0.15) is 0 Å². The summed E-state index contributed by atoms with van der Waals surface area (Å²) in [6.07, 6.45) is 3.47. The number of benzene rings is 1. The number of hydrogen-bond donors (Lipinski definition) is 1. The predicted molar refractivity (Wildman–Crippen MR) is 93.5 cm³/mol. The van der Waals surface area contributed by atoms with E-state index in [0.717, 1.165) is 17.0 Å². The Morgan fingerprint density at radius 1 is 1.13 bits per heavy atom. The van der Waals surface area contributed by atoms with Gasteiger partial charge in [-0.15, -0.1) is 22.8 Å². The van der Waals surface area contributed by atoms with Gasteiger partial charge in [0.15, 0.2) is 16.1 Å². The maximum atomic E-state index is 11.1. The summed E-state index contributed by atoms with van der Waals surface area (Å²) in [5.74, 6) is 0.986. The number of hydrogen-bond acceptors (Lipinski definition) is 5. The minimum atomic E-state index is -0.188. The molecule has 3 aromatic rings. The van der Waals surface area contributed by atoms with E-state index in [-0.39, 0.29) is 10.9 Å². The molecule has 0 radical (unpaired) electrons. The second-order valence-corrected chi connectivity index (χ2v) is 6.24. The Morgan fingerprint density at radius 2 is 1.96 bits per heavy atom. The second kappa shape index (κ2) is 7.43. The van der Waals surface area contributed by atoms with Gasteiger partial charge >= 0.3 is 0 Å². The van der Waals surface area contributed by atoms with Crippen LogP contribution in [0.4, 0.5) is 0 Å². The number of thioether (sulfide) groups is 1. The summed E-state index contributed by atoms with van der Waals surface area (Å²) in [6.45, 7) is 0.626. The van der Waals surface area contributed by atoms with Gasteiger partial charge in [-0.05, 0) is 17.7 Å². The topological polar surface area (TPSA) is 60.7 Å². The summed E-state index contributed by atoms with van der Waals surface area (Å²) in [6, 6.07) is 13.9. The molecule has 2 heterocycles. The van der Waals surface area contributed by atoms with E-state index < -0.39 is 0 Å². The van der Waals surface area contributed by atoms with Crippen molar-refractivity contribution in [2.75, 3.05) is 5.75 Å². The smallest absolute Gasteiger partial charge is 0.196 e. The lowest BCUT2D eigenvalue weighted by molar-refractivity contribution is -0.108. The first kappa shape index (κ1) is 15.8. The van der Waals surface area contributed by atoms with Crippen LogP contribution in [0.3, 0.4) is 0 Å². The van der Waals surface area contributed by atoms with Gasteiger partial charge in [-0.25, -0.2) is 0 Å². The third-order valence-electron chi connectivity index (χ3n) is 3.14. The minimum Gasteiger partial charge on any atom is -0.297 e. The zero-order valence-corrected chi connectivity index (χ0v) is 13.9. The summed E-state index contributed by atoms with van der Waals surface area (Å²) in [5, 5.41) is 9.00. The number of thiol groups is 1. The highest BCUT2D eigenvalue weighted by Crippen LogP contribution is 2.24. The first-order valence-electron chi connectivity index (χ1n) is 6.96. The van der Waals surface area contributed by atoms with Crippen LogP contribution in [0.25, 0.3) is 11.4 Å². The van der Waals surface area contributed by atoms with Gasteiger partial charge in [0, 0.05) is 18.0 Å². The Morgan fingerprint density at radius 3 is 2.65 bits per heavy atom. The summed E-state index contributed by atoms with van der Waals surface area (Å²) in [4.78, 5) is 15.3. The maximum absolute atomic E-state index is 11.1. The SMILES string of the molecule is O=C(S)CSc1nnc(-c2cccnc2)n1Cc1ccccc1. The summed E-state index contributed by atoms with van der Waals surface area (Å²) in [7, 11) is 0. The van der Waals surface area contributed by atoms with E-state index >= 15 is 0 Å². The van der Waals surface area contributed by atoms with Gasteiger partial charge in [0.25, 0.3) is 0 Å². The summed E-state index contributed by atoms with van der Waals surface area (Å²) in [5.41, 5.74) is 2.02. The van der Waals surface area contributed by atoms with E-state index in [2.05, 4.69) is 27.8 Å². The van der Waals surface area contributed by atoms with Crippen molar-refractivity contribution in [3.8, 4) is 11.4 Å². The van der Waals surface area contributed by atoms with Gasteiger partial charge in [-0.3, -0.25) is 14.3 Å². The van der Waals surface area contributed by atoms with Crippen molar-refractivity contribution in [1.82, 2.24) is 19.7 Å². The van der Waals surface area contributed by atoms with Crippen LogP contribution in [-0.2, 0) is 11.3 Å². The van der Waals surface area contributed by atoms with Crippen LogP contribution < -0.4 is 0 Å². The molecule has 1 aromatic carbocycles. The van der Waals surface area contributed by atoms with Crippen LogP contribution in [0, 0.1) is 0 Å². The molecule has 0 unspecified atom stereocenters. The fraction of sp³-hybridized carbons (Fsp3) is 0.125. The lowest BCUT2D eigenvalue weighted by Crippen LogP contribution is -2.05. The molecule has 0 saturated carbocycles. The first-order chi connectivity index (χ1) is 11.2. The zero-order chi connectivity index (χ0) is 16.1. The molecule has 2 aromatic heterocycles. The molecule has 0 amide bonds. The standard InChI is InChI=1S/C16H14N4OS2/c21-14(22)11-23-16-19-18-15(13-7-4-8-17-9-13)20(16)10-12-5-2-1-3-6-12/h1-9H,10-11H2,(H,21,22). The fourth-order valence-electron chi connectivity index (χ4n) is 2.14. The molecule has 0 aliphatic carbocycles. The molecule has 0 bridgehead atoms. The quantitative estimate of drug-likeness (QED) is 0.551. The number of carbonyl (C=O) groups is 1. The van der Waals surface area contributed by atoms with E-state index in [1.54, 1.807) is 12.4 Å². The highest BCUT2D eigenvalue weighted by Gasteiger charge is 2.15. The van der Waals surface area contributed by atoms with Crippen LogP contribution in [0.1, 0.15) is 5.56 Å². The molecule has 3 rings (SSSR count). The normalized spacial score (nSPS) is 10.7. The maximum Gasteiger partial charge on any atom is 0.196 e. The van der Waals surface area contributed by atoms with Gasteiger partial charge in [0.1, 0.15) is 0 Å². The molecular formula is C16H14N4OS2. The first-order valence-corrected chi connectivity index (χ1v) is 8.39. The van der Waals surface area contributed by atoms with Gasteiger partial charge in [0.05, 0.1) is 12.3 Å². The zero-order valence-electron chi connectivity index (χ0n) is 12.2. The second-order valence-electron chi connectivity index (χ2n) is 4.80. The summed E-state index contributed by atoms with van der Waals surface area (Å²) < 4.78 is 1.99. The molecule has 7 heteroatoms. The van der Waals surface area contributed by atoms with Crippen molar-refractivity contribution >= 4 is 29.5 Å². The Kier molecular flexibility index (Phi) is 5.09. The Labute approximate surface area is 143 Å². The molecule has 5 nitrogen and oxygen atoms in total. The van der Waals surface area contributed by atoms with E-state index in [1.165, 1.54) is 11.8 Å². The molecule has 0 saturated heterocycles. The lowest BCUT2D eigenvalue weighted by atomic mass is 10.2. The van der Waals surface area contributed by atoms with Crippen molar-refractivity contribution in [2.24, 2.45) is 0 Å². The Bertz CT molecular complexity index is 790. The van der Waals surface area contributed by atoms with Gasteiger partial charge in [0.2, 0.25) is 0 Å². The van der Waals surface area contributed by atoms with E-state index in [4.69, 9.17) is 0 Å². The van der Waals surface area contributed by atoms with Gasteiger partial charge < -0.3 is 0 Å². The fourth-order valence-corrected chi connectivity index (χ4v) is 2.99. The van der Waals surface area contributed by atoms with E-state index in [9.17, 15) is 4.79 Å². The molecule has 0 spiro atoms. The molecule has 0 N–H and O–H groups in total. The molecule has 116 valence electrons. The van der Waals surface area contributed by atoms with E-state index in [0.29, 0.717) is 11.7 Å². The van der Waals surface area contributed by atoms with E-state index in [1.807, 2.05) is 47.0 Å². The molecule has 0 aliphatic heterocycles. The van der Waals surface area contributed by atoms with Crippen molar-refractivity contribution in [2.45, 2.75) is 11.7 Å². The molecule has 0 aliphatic rings. The lowest BCUT2D eigenvalue weighted by Gasteiger charge is -2.10. The average molecular weight is 342 g/mol. The highest BCUT2D eigenvalue weighted by molar-refractivity contribution is 8.04. The number of aromatic nitrogens is 4. The summed E-state index contributed by atoms with van der Waals surface area (Å²) >= 11 is 5.14. The number of rotatable bonds is 6. The van der Waals surface area contributed by atoms with Gasteiger partial charge in [-0.1, -0.05) is 42.1 Å². The third kappa shape index (κ3) is 4.00. The third-order valence-corrected chi connectivity index (χ3v) is 4.48. The molecule has 0 fully saturated rings.